The van der Waals surface area contributed by atoms with Crippen LogP contribution in [0.1, 0.15) is 21.4 Å². The van der Waals surface area contributed by atoms with E-state index in [0.717, 1.165) is 12.2 Å². The number of rotatable bonds is 5. The highest BCUT2D eigenvalue weighted by Crippen LogP contribution is 2.34. The summed E-state index contributed by atoms with van der Waals surface area (Å²) in [5, 5.41) is 3.40. The molecule has 2 nitrogen and oxygen atoms in total. The average molecular weight is 340 g/mol. The fourth-order valence-electron chi connectivity index (χ4n) is 2.10. The topological polar surface area (TPSA) is 21.3 Å². The van der Waals surface area contributed by atoms with Crippen LogP contribution < -0.4 is 10.1 Å². The van der Waals surface area contributed by atoms with Crippen molar-refractivity contribution in [2.75, 3.05) is 14.2 Å². The van der Waals surface area contributed by atoms with Crippen molar-refractivity contribution in [3.05, 3.63) is 50.1 Å². The Labute approximate surface area is 126 Å². The van der Waals surface area contributed by atoms with Gasteiger partial charge in [-0.2, -0.15) is 0 Å². The largest absolute Gasteiger partial charge is 0.497 e. The first kappa shape index (κ1) is 14.6. The molecular formula is C15H18BrNOS. The fourth-order valence-corrected chi connectivity index (χ4v) is 4.14. The number of thiophene rings is 1. The maximum atomic E-state index is 5.28. The van der Waals surface area contributed by atoms with E-state index in [0.29, 0.717) is 6.04 Å². The van der Waals surface area contributed by atoms with Crippen molar-refractivity contribution in [2.45, 2.75) is 19.4 Å². The Morgan fingerprint density at radius 1 is 1.37 bits per heavy atom. The Hall–Kier alpha value is -0.840. The summed E-state index contributed by atoms with van der Waals surface area (Å²) in [4.78, 5) is 2.68. The number of methoxy groups -OCH3 is 1. The summed E-state index contributed by atoms with van der Waals surface area (Å²) in [6.45, 7) is 2.14. The van der Waals surface area contributed by atoms with Crippen LogP contribution in [-0.4, -0.2) is 14.2 Å². The van der Waals surface area contributed by atoms with Gasteiger partial charge in [-0.25, -0.2) is 0 Å². The van der Waals surface area contributed by atoms with E-state index < -0.39 is 0 Å². The summed E-state index contributed by atoms with van der Waals surface area (Å²) in [7, 11) is 3.71. The molecule has 4 heteroatoms. The van der Waals surface area contributed by atoms with Crippen molar-refractivity contribution in [1.29, 1.82) is 0 Å². The van der Waals surface area contributed by atoms with Crippen LogP contribution in [0.3, 0.4) is 0 Å². The molecule has 1 aromatic heterocycles. The lowest BCUT2D eigenvalue weighted by molar-refractivity contribution is 0.414. The molecule has 2 aromatic rings. The lowest BCUT2D eigenvalue weighted by atomic mass is 10.0. The highest BCUT2D eigenvalue weighted by Gasteiger charge is 2.16. The summed E-state index contributed by atoms with van der Waals surface area (Å²) in [6, 6.07) is 10.7. The molecular weight excluding hydrogens is 322 g/mol. The van der Waals surface area contributed by atoms with E-state index in [1.165, 1.54) is 19.8 Å². The first-order chi connectivity index (χ1) is 9.13. The maximum Gasteiger partial charge on any atom is 0.119 e. The Balaban J connectivity index is 2.21. The lowest BCUT2D eigenvalue weighted by Crippen LogP contribution is -2.18. The second kappa shape index (κ2) is 6.55. The summed E-state index contributed by atoms with van der Waals surface area (Å²) in [5.41, 5.74) is 1.27. The lowest BCUT2D eigenvalue weighted by Gasteiger charge is -2.16. The molecule has 102 valence electrons. The van der Waals surface area contributed by atoms with Crippen molar-refractivity contribution < 1.29 is 4.74 Å². The van der Waals surface area contributed by atoms with Gasteiger partial charge >= 0.3 is 0 Å². The van der Waals surface area contributed by atoms with Gasteiger partial charge in [-0.05, 0) is 60.1 Å². The molecule has 0 fully saturated rings. The normalized spacial score (nSPS) is 12.4. The second-order valence-electron chi connectivity index (χ2n) is 4.47. The third-order valence-electron chi connectivity index (χ3n) is 3.08. The number of benzene rings is 1. The van der Waals surface area contributed by atoms with Gasteiger partial charge in [0.1, 0.15) is 5.75 Å². The Morgan fingerprint density at radius 2 is 2.16 bits per heavy atom. The standard InChI is InChI=1S/C15H18BrNOS/c1-10-7-13(16)15(19-10)14(17-2)9-11-5-4-6-12(8-11)18-3/h4-8,14,17H,9H2,1-3H3. The van der Waals surface area contributed by atoms with Crippen molar-refractivity contribution in [2.24, 2.45) is 0 Å². The van der Waals surface area contributed by atoms with E-state index >= 15 is 0 Å². The van der Waals surface area contributed by atoms with E-state index in [2.05, 4.69) is 46.4 Å². The van der Waals surface area contributed by atoms with Crippen LogP contribution in [0.4, 0.5) is 0 Å². The molecule has 0 aliphatic carbocycles. The smallest absolute Gasteiger partial charge is 0.119 e. The van der Waals surface area contributed by atoms with Crippen LogP contribution >= 0.6 is 27.3 Å². The van der Waals surface area contributed by atoms with Crippen LogP contribution in [0, 0.1) is 6.92 Å². The quantitative estimate of drug-likeness (QED) is 0.875. The zero-order valence-corrected chi connectivity index (χ0v) is 13.8. The third kappa shape index (κ3) is 3.59. The predicted octanol–water partition coefficient (Wildman–Crippen LogP) is 4.33. The van der Waals surface area contributed by atoms with E-state index in [4.69, 9.17) is 4.74 Å². The highest BCUT2D eigenvalue weighted by atomic mass is 79.9. The first-order valence-corrected chi connectivity index (χ1v) is 7.81. The molecule has 1 unspecified atom stereocenters. The molecule has 2 rings (SSSR count). The van der Waals surface area contributed by atoms with Gasteiger partial charge in [-0.15, -0.1) is 11.3 Å². The van der Waals surface area contributed by atoms with Gasteiger partial charge in [0.2, 0.25) is 0 Å². The summed E-state index contributed by atoms with van der Waals surface area (Å²) < 4.78 is 6.47. The molecule has 0 bridgehead atoms. The number of halogens is 1. The van der Waals surface area contributed by atoms with Crippen LogP contribution in [-0.2, 0) is 6.42 Å². The van der Waals surface area contributed by atoms with Crippen LogP contribution in [0.25, 0.3) is 0 Å². The highest BCUT2D eigenvalue weighted by molar-refractivity contribution is 9.10. The molecule has 0 saturated carbocycles. The molecule has 0 amide bonds. The van der Waals surface area contributed by atoms with Gasteiger partial charge in [0.25, 0.3) is 0 Å². The molecule has 0 aliphatic rings. The van der Waals surface area contributed by atoms with Gasteiger partial charge in [0.05, 0.1) is 7.11 Å². The summed E-state index contributed by atoms with van der Waals surface area (Å²) in [5.74, 6) is 0.911. The Bertz CT molecular complexity index is 553. The number of hydrogen-bond acceptors (Lipinski definition) is 3. The van der Waals surface area contributed by atoms with E-state index in [9.17, 15) is 0 Å². The number of likely N-dealkylation sites (N-methyl/N-ethyl adjacent to an activating group) is 1. The van der Waals surface area contributed by atoms with E-state index in [1.54, 1.807) is 7.11 Å². The molecule has 1 aromatic carbocycles. The Morgan fingerprint density at radius 3 is 2.74 bits per heavy atom. The average Bonchev–Trinajstić information content (AvgIpc) is 2.75. The number of ether oxygens (including phenoxy) is 1. The summed E-state index contributed by atoms with van der Waals surface area (Å²) >= 11 is 5.48. The molecule has 0 radical (unpaired) electrons. The van der Waals surface area contributed by atoms with Crippen molar-refractivity contribution in [1.82, 2.24) is 5.32 Å². The van der Waals surface area contributed by atoms with Crippen LogP contribution in [0.2, 0.25) is 0 Å². The predicted molar refractivity (Wildman–Crippen MR) is 85.3 cm³/mol. The molecule has 0 saturated heterocycles. The zero-order chi connectivity index (χ0) is 13.8. The van der Waals surface area contributed by atoms with Crippen molar-refractivity contribution >= 4 is 27.3 Å². The first-order valence-electron chi connectivity index (χ1n) is 6.20. The fraction of sp³-hybridized carbons (Fsp3) is 0.333. The zero-order valence-electron chi connectivity index (χ0n) is 11.4. The second-order valence-corrected chi connectivity index (χ2v) is 6.61. The molecule has 1 atom stereocenters. The molecule has 0 spiro atoms. The number of aryl methyl sites for hydroxylation is 1. The minimum absolute atomic E-state index is 0.320. The number of hydrogen-bond donors (Lipinski definition) is 1. The van der Waals surface area contributed by atoms with Crippen molar-refractivity contribution in [3.8, 4) is 5.75 Å². The molecule has 1 heterocycles. The maximum absolute atomic E-state index is 5.28. The molecule has 1 N–H and O–H groups in total. The monoisotopic (exact) mass is 339 g/mol. The molecule has 19 heavy (non-hydrogen) atoms. The van der Waals surface area contributed by atoms with Crippen molar-refractivity contribution in [3.63, 3.8) is 0 Å². The van der Waals surface area contributed by atoms with Gasteiger partial charge in [-0.1, -0.05) is 12.1 Å². The van der Waals surface area contributed by atoms with Crippen LogP contribution in [0.15, 0.2) is 34.8 Å². The van der Waals surface area contributed by atoms with E-state index in [1.807, 2.05) is 30.5 Å². The van der Waals surface area contributed by atoms with Gasteiger partial charge in [-0.3, -0.25) is 0 Å². The summed E-state index contributed by atoms with van der Waals surface area (Å²) in [6.07, 6.45) is 0.951. The number of nitrogens with one attached hydrogen (secondary N) is 1. The van der Waals surface area contributed by atoms with E-state index in [-0.39, 0.29) is 0 Å². The Kier molecular flexibility index (Phi) is 5.02. The molecule has 0 aliphatic heterocycles. The van der Waals surface area contributed by atoms with Gasteiger partial charge < -0.3 is 10.1 Å². The SMILES string of the molecule is CNC(Cc1cccc(OC)c1)c1sc(C)cc1Br. The van der Waals surface area contributed by atoms with Gasteiger partial charge in [0, 0.05) is 20.3 Å². The van der Waals surface area contributed by atoms with Crippen LogP contribution in [0.5, 0.6) is 5.75 Å². The van der Waals surface area contributed by atoms with Gasteiger partial charge in [0.15, 0.2) is 0 Å². The third-order valence-corrected chi connectivity index (χ3v) is 5.16. The minimum atomic E-state index is 0.320. The minimum Gasteiger partial charge on any atom is -0.497 e.